The molecule has 1 saturated carbocycles. The van der Waals surface area contributed by atoms with E-state index in [-0.39, 0.29) is 11.3 Å². The van der Waals surface area contributed by atoms with Crippen molar-refractivity contribution in [3.05, 3.63) is 59.7 Å². The lowest BCUT2D eigenvalue weighted by atomic mass is 10.1. The third kappa shape index (κ3) is 3.34. The minimum absolute atomic E-state index is 0.190. The summed E-state index contributed by atoms with van der Waals surface area (Å²) in [7, 11) is 1.61. The van der Waals surface area contributed by atoms with Crippen molar-refractivity contribution in [1.82, 2.24) is 0 Å². The maximum absolute atomic E-state index is 12.3. The van der Waals surface area contributed by atoms with Crippen LogP contribution in [0, 0.1) is 0 Å². The van der Waals surface area contributed by atoms with Crippen LogP contribution >= 0.6 is 0 Å². The fraction of sp³-hybridized carbons (Fsp3) is 0.222. The quantitative estimate of drug-likeness (QED) is 0.941. The van der Waals surface area contributed by atoms with Crippen LogP contribution in [0.1, 0.15) is 34.7 Å². The highest BCUT2D eigenvalue weighted by Crippen LogP contribution is 2.41. The number of primary amides is 1. The van der Waals surface area contributed by atoms with Crippen LogP contribution in [0.25, 0.3) is 0 Å². The number of nitrogens with zero attached hydrogens (tertiary/aromatic N) is 1. The molecule has 0 spiro atoms. The zero-order valence-corrected chi connectivity index (χ0v) is 12.9. The van der Waals surface area contributed by atoms with Crippen molar-refractivity contribution in [3.63, 3.8) is 0 Å². The number of amides is 2. The SMILES string of the molecule is CN(C(=O)Oc1ccc(C2CC2)cc1C(N)=O)c1ccccc1. The van der Waals surface area contributed by atoms with Gasteiger partial charge in [0.15, 0.2) is 0 Å². The Balaban J connectivity index is 1.81. The molecule has 0 bridgehead atoms. The van der Waals surface area contributed by atoms with Gasteiger partial charge in [-0.05, 0) is 48.6 Å². The zero-order valence-electron chi connectivity index (χ0n) is 12.9. The fourth-order valence-electron chi connectivity index (χ4n) is 2.42. The smallest absolute Gasteiger partial charge is 0.409 e. The molecule has 0 aliphatic heterocycles. The van der Waals surface area contributed by atoms with Crippen molar-refractivity contribution in [3.8, 4) is 5.75 Å². The van der Waals surface area contributed by atoms with Gasteiger partial charge in [0.05, 0.1) is 5.56 Å². The molecule has 0 aromatic heterocycles. The Kier molecular flexibility index (Phi) is 4.02. The molecule has 1 aliphatic carbocycles. The van der Waals surface area contributed by atoms with Gasteiger partial charge in [0, 0.05) is 12.7 Å². The first-order valence-electron chi connectivity index (χ1n) is 7.50. The van der Waals surface area contributed by atoms with E-state index in [4.69, 9.17) is 10.5 Å². The van der Waals surface area contributed by atoms with Crippen LogP contribution in [0.4, 0.5) is 10.5 Å². The molecule has 0 radical (unpaired) electrons. The first kappa shape index (κ1) is 15.1. The number of para-hydroxylation sites is 1. The second kappa shape index (κ2) is 6.12. The topological polar surface area (TPSA) is 72.6 Å². The number of hydrogen-bond acceptors (Lipinski definition) is 3. The van der Waals surface area contributed by atoms with Gasteiger partial charge in [-0.2, -0.15) is 0 Å². The average molecular weight is 310 g/mol. The van der Waals surface area contributed by atoms with E-state index in [2.05, 4.69) is 0 Å². The van der Waals surface area contributed by atoms with Gasteiger partial charge in [-0.3, -0.25) is 9.69 Å². The zero-order chi connectivity index (χ0) is 16.4. The van der Waals surface area contributed by atoms with Crippen LogP contribution in [-0.2, 0) is 0 Å². The number of benzene rings is 2. The third-order valence-corrected chi connectivity index (χ3v) is 3.93. The molecule has 2 N–H and O–H groups in total. The summed E-state index contributed by atoms with van der Waals surface area (Å²) >= 11 is 0. The molecule has 0 atom stereocenters. The Hall–Kier alpha value is -2.82. The van der Waals surface area contributed by atoms with Gasteiger partial charge in [-0.15, -0.1) is 0 Å². The van der Waals surface area contributed by atoms with Gasteiger partial charge in [-0.25, -0.2) is 4.79 Å². The summed E-state index contributed by atoms with van der Waals surface area (Å²) in [5, 5.41) is 0. The Labute approximate surface area is 134 Å². The number of hydrogen-bond donors (Lipinski definition) is 1. The van der Waals surface area contributed by atoms with Crippen LogP contribution in [0.2, 0.25) is 0 Å². The maximum atomic E-state index is 12.3. The third-order valence-electron chi connectivity index (χ3n) is 3.93. The Morgan fingerprint density at radius 2 is 1.83 bits per heavy atom. The number of carbonyl (C=O) groups excluding carboxylic acids is 2. The van der Waals surface area contributed by atoms with E-state index in [1.54, 1.807) is 31.3 Å². The highest BCUT2D eigenvalue weighted by molar-refractivity contribution is 5.97. The molecule has 5 heteroatoms. The molecule has 2 aromatic rings. The van der Waals surface area contributed by atoms with E-state index in [0.717, 1.165) is 18.4 Å². The van der Waals surface area contributed by atoms with E-state index >= 15 is 0 Å². The molecule has 0 heterocycles. The predicted octanol–water partition coefficient (Wildman–Crippen LogP) is 3.30. The lowest BCUT2D eigenvalue weighted by Crippen LogP contribution is -2.30. The van der Waals surface area contributed by atoms with Gasteiger partial charge < -0.3 is 10.5 Å². The molecule has 3 rings (SSSR count). The molecular weight excluding hydrogens is 292 g/mol. The molecule has 5 nitrogen and oxygen atoms in total. The van der Waals surface area contributed by atoms with Gasteiger partial charge in [0.25, 0.3) is 5.91 Å². The summed E-state index contributed by atoms with van der Waals surface area (Å²) in [6.45, 7) is 0. The summed E-state index contributed by atoms with van der Waals surface area (Å²) in [4.78, 5) is 25.3. The normalized spacial score (nSPS) is 13.4. The summed E-state index contributed by atoms with van der Waals surface area (Å²) in [5.74, 6) is 0.0807. The molecule has 0 unspecified atom stereocenters. The minimum atomic E-state index is -0.599. The highest BCUT2D eigenvalue weighted by atomic mass is 16.6. The second-order valence-electron chi connectivity index (χ2n) is 5.66. The van der Waals surface area contributed by atoms with Crippen LogP contribution < -0.4 is 15.4 Å². The number of nitrogens with two attached hydrogens (primary N) is 1. The lowest BCUT2D eigenvalue weighted by Gasteiger charge is -2.18. The van der Waals surface area contributed by atoms with Crippen molar-refractivity contribution in [2.45, 2.75) is 18.8 Å². The summed E-state index contributed by atoms with van der Waals surface area (Å²) in [6.07, 6.45) is 1.67. The van der Waals surface area contributed by atoms with Crippen LogP contribution in [0.3, 0.4) is 0 Å². The largest absolute Gasteiger partial charge is 0.419 e. The average Bonchev–Trinajstić information content (AvgIpc) is 3.40. The number of rotatable bonds is 4. The van der Waals surface area contributed by atoms with Crippen LogP contribution in [-0.4, -0.2) is 19.0 Å². The molecule has 2 amide bonds. The van der Waals surface area contributed by atoms with Crippen molar-refractivity contribution in [2.75, 3.05) is 11.9 Å². The first-order chi connectivity index (χ1) is 11.1. The number of carbonyl (C=O) groups is 2. The van der Waals surface area contributed by atoms with Crippen molar-refractivity contribution < 1.29 is 14.3 Å². The second-order valence-corrected chi connectivity index (χ2v) is 5.66. The van der Waals surface area contributed by atoms with E-state index in [9.17, 15) is 9.59 Å². The molecule has 23 heavy (non-hydrogen) atoms. The number of anilines is 1. The molecule has 1 aliphatic rings. The summed E-state index contributed by atoms with van der Waals surface area (Å²) in [6, 6.07) is 14.4. The van der Waals surface area contributed by atoms with Crippen molar-refractivity contribution in [1.29, 1.82) is 0 Å². The van der Waals surface area contributed by atoms with Gasteiger partial charge in [0.1, 0.15) is 5.75 Å². The van der Waals surface area contributed by atoms with Gasteiger partial charge in [-0.1, -0.05) is 24.3 Å². The Morgan fingerprint density at radius 1 is 1.13 bits per heavy atom. The van der Waals surface area contributed by atoms with Crippen LogP contribution in [0.5, 0.6) is 5.75 Å². The first-order valence-corrected chi connectivity index (χ1v) is 7.50. The van der Waals surface area contributed by atoms with E-state index in [0.29, 0.717) is 11.6 Å². The fourth-order valence-corrected chi connectivity index (χ4v) is 2.42. The van der Waals surface area contributed by atoms with E-state index < -0.39 is 12.0 Å². The monoisotopic (exact) mass is 310 g/mol. The highest BCUT2D eigenvalue weighted by Gasteiger charge is 2.26. The molecule has 0 saturated heterocycles. The summed E-state index contributed by atoms with van der Waals surface area (Å²) in [5.41, 5.74) is 7.43. The van der Waals surface area contributed by atoms with E-state index in [1.807, 2.05) is 24.3 Å². The standard InChI is InChI=1S/C18H18N2O3/c1-20(14-5-3-2-4-6-14)18(22)23-16-10-9-13(12-7-8-12)11-15(16)17(19)21/h2-6,9-12H,7-8H2,1H3,(H2,19,21). The minimum Gasteiger partial charge on any atom is -0.409 e. The van der Waals surface area contributed by atoms with Gasteiger partial charge in [0.2, 0.25) is 0 Å². The summed E-state index contributed by atoms with van der Waals surface area (Å²) < 4.78 is 5.36. The molecular formula is C18H18N2O3. The Bertz CT molecular complexity index is 739. The van der Waals surface area contributed by atoms with Crippen LogP contribution in [0.15, 0.2) is 48.5 Å². The van der Waals surface area contributed by atoms with E-state index in [1.165, 1.54) is 4.90 Å². The van der Waals surface area contributed by atoms with Crippen molar-refractivity contribution in [2.24, 2.45) is 5.73 Å². The van der Waals surface area contributed by atoms with Crippen molar-refractivity contribution >= 4 is 17.7 Å². The molecule has 1 fully saturated rings. The molecule has 2 aromatic carbocycles. The van der Waals surface area contributed by atoms with Gasteiger partial charge >= 0.3 is 6.09 Å². The Morgan fingerprint density at radius 3 is 2.43 bits per heavy atom. The molecule has 118 valence electrons. The lowest BCUT2D eigenvalue weighted by molar-refractivity contribution is 0.0998. The maximum Gasteiger partial charge on any atom is 0.419 e. The number of ether oxygens (including phenoxy) is 1. The predicted molar refractivity (Wildman–Crippen MR) is 87.8 cm³/mol.